The average Bonchev–Trinajstić information content (AvgIpc) is 2.45. The molecule has 0 bridgehead atoms. The predicted molar refractivity (Wildman–Crippen MR) is 79.3 cm³/mol. The Labute approximate surface area is 118 Å². The van der Waals surface area contributed by atoms with Crippen molar-refractivity contribution in [1.29, 1.82) is 5.26 Å². The lowest BCUT2D eigenvalue weighted by molar-refractivity contribution is 0.830. The van der Waals surface area contributed by atoms with Gasteiger partial charge in [0.05, 0.1) is 16.3 Å². The van der Waals surface area contributed by atoms with Crippen LogP contribution in [0.4, 0.5) is 5.69 Å². The molecule has 0 spiro atoms. The maximum absolute atomic E-state index is 9.25. The van der Waals surface area contributed by atoms with Crippen molar-refractivity contribution in [3.63, 3.8) is 0 Å². The van der Waals surface area contributed by atoms with Crippen LogP contribution in [0.25, 0.3) is 0 Å². The molecular formula is C16H15ClN2. The van der Waals surface area contributed by atoms with Crippen molar-refractivity contribution < 1.29 is 0 Å². The molecule has 0 atom stereocenters. The molecule has 0 amide bonds. The Morgan fingerprint density at radius 1 is 1.11 bits per heavy atom. The molecule has 96 valence electrons. The van der Waals surface area contributed by atoms with E-state index in [-0.39, 0.29) is 0 Å². The number of benzene rings is 2. The minimum atomic E-state index is 0.506. The molecule has 3 heteroatoms. The van der Waals surface area contributed by atoms with Gasteiger partial charge in [0.25, 0.3) is 0 Å². The van der Waals surface area contributed by atoms with Crippen molar-refractivity contribution in [2.45, 2.75) is 13.5 Å². The average molecular weight is 271 g/mol. The van der Waals surface area contributed by atoms with Crippen LogP contribution in [0.2, 0.25) is 5.02 Å². The van der Waals surface area contributed by atoms with Crippen molar-refractivity contribution in [2.75, 3.05) is 11.4 Å². The Kier molecular flexibility index (Phi) is 4.43. The van der Waals surface area contributed by atoms with Crippen LogP contribution in [0.3, 0.4) is 0 Å². The Balaban J connectivity index is 2.33. The Bertz CT molecular complexity index is 587. The van der Waals surface area contributed by atoms with Gasteiger partial charge in [-0.25, -0.2) is 0 Å². The van der Waals surface area contributed by atoms with E-state index in [1.165, 1.54) is 5.56 Å². The normalized spacial score (nSPS) is 9.95. The summed E-state index contributed by atoms with van der Waals surface area (Å²) in [5, 5.41) is 9.75. The minimum Gasteiger partial charge on any atom is -0.366 e. The molecule has 0 N–H and O–H groups in total. The summed E-state index contributed by atoms with van der Waals surface area (Å²) in [6.07, 6.45) is 0. The van der Waals surface area contributed by atoms with Crippen molar-refractivity contribution in [3.05, 3.63) is 64.7 Å². The number of nitrogens with zero attached hydrogens (tertiary/aromatic N) is 2. The predicted octanol–water partition coefficient (Wildman–Crippen LogP) is 4.24. The number of hydrogen-bond acceptors (Lipinski definition) is 2. The summed E-state index contributed by atoms with van der Waals surface area (Å²) in [7, 11) is 0. The zero-order valence-electron chi connectivity index (χ0n) is 10.8. The van der Waals surface area contributed by atoms with E-state index in [2.05, 4.69) is 30.0 Å². The second-order valence-electron chi connectivity index (χ2n) is 4.25. The molecule has 0 saturated carbocycles. The maximum atomic E-state index is 9.25. The number of anilines is 1. The van der Waals surface area contributed by atoms with Gasteiger partial charge >= 0.3 is 0 Å². The minimum absolute atomic E-state index is 0.506. The van der Waals surface area contributed by atoms with Crippen molar-refractivity contribution in [3.8, 4) is 6.07 Å². The summed E-state index contributed by atoms with van der Waals surface area (Å²) >= 11 is 6.08. The van der Waals surface area contributed by atoms with Crippen LogP contribution in [0.15, 0.2) is 48.5 Å². The highest BCUT2D eigenvalue weighted by atomic mass is 35.5. The molecule has 0 aromatic heterocycles. The first-order valence-corrected chi connectivity index (χ1v) is 6.61. The molecule has 2 aromatic rings. The quantitative estimate of drug-likeness (QED) is 0.831. The summed E-state index contributed by atoms with van der Waals surface area (Å²) < 4.78 is 0. The molecule has 0 unspecified atom stereocenters. The largest absolute Gasteiger partial charge is 0.366 e. The Morgan fingerprint density at radius 2 is 1.84 bits per heavy atom. The fourth-order valence-electron chi connectivity index (χ4n) is 2.06. The highest BCUT2D eigenvalue weighted by Crippen LogP contribution is 2.27. The molecule has 0 heterocycles. The fourth-order valence-corrected chi connectivity index (χ4v) is 2.27. The molecule has 0 radical (unpaired) electrons. The van der Waals surface area contributed by atoms with E-state index in [0.717, 1.165) is 18.8 Å². The number of rotatable bonds is 4. The van der Waals surface area contributed by atoms with E-state index in [4.69, 9.17) is 11.6 Å². The number of nitriles is 1. The lowest BCUT2D eigenvalue weighted by atomic mass is 10.1. The molecule has 2 rings (SSSR count). The van der Waals surface area contributed by atoms with Gasteiger partial charge in [0.1, 0.15) is 6.07 Å². The molecule has 2 nitrogen and oxygen atoms in total. The van der Waals surface area contributed by atoms with E-state index >= 15 is 0 Å². The molecule has 2 aromatic carbocycles. The van der Waals surface area contributed by atoms with Gasteiger partial charge in [-0.2, -0.15) is 5.26 Å². The van der Waals surface area contributed by atoms with Gasteiger partial charge in [0.15, 0.2) is 0 Å². The Hall–Kier alpha value is -1.98. The highest BCUT2D eigenvalue weighted by Gasteiger charge is 2.12. The summed E-state index contributed by atoms with van der Waals surface area (Å²) in [4.78, 5) is 2.15. The highest BCUT2D eigenvalue weighted by molar-refractivity contribution is 6.32. The van der Waals surface area contributed by atoms with Crippen LogP contribution in [-0.4, -0.2) is 6.54 Å². The van der Waals surface area contributed by atoms with Crippen LogP contribution < -0.4 is 4.90 Å². The lowest BCUT2D eigenvalue weighted by Crippen LogP contribution is -2.23. The van der Waals surface area contributed by atoms with Crippen molar-refractivity contribution in [2.24, 2.45) is 0 Å². The molecule has 0 saturated heterocycles. The molecule has 0 fully saturated rings. The zero-order valence-corrected chi connectivity index (χ0v) is 11.6. The van der Waals surface area contributed by atoms with Crippen LogP contribution in [0.1, 0.15) is 18.1 Å². The summed E-state index contributed by atoms with van der Waals surface area (Å²) in [6, 6.07) is 18.0. The molecule has 0 aliphatic rings. The van der Waals surface area contributed by atoms with E-state index in [1.54, 1.807) is 6.07 Å². The summed E-state index contributed by atoms with van der Waals surface area (Å²) in [5.41, 5.74) is 2.65. The SMILES string of the molecule is CCN(Cc1ccccc1)c1cccc(Cl)c1C#N. The molecular weight excluding hydrogens is 256 g/mol. The lowest BCUT2D eigenvalue weighted by Gasteiger charge is -2.24. The molecule has 19 heavy (non-hydrogen) atoms. The van der Waals surface area contributed by atoms with Gasteiger partial charge in [0.2, 0.25) is 0 Å². The molecule has 0 aliphatic carbocycles. The van der Waals surface area contributed by atoms with Gasteiger partial charge in [-0.15, -0.1) is 0 Å². The van der Waals surface area contributed by atoms with Crippen LogP contribution in [0.5, 0.6) is 0 Å². The monoisotopic (exact) mass is 270 g/mol. The van der Waals surface area contributed by atoms with Crippen LogP contribution >= 0.6 is 11.6 Å². The van der Waals surface area contributed by atoms with E-state index in [0.29, 0.717) is 10.6 Å². The van der Waals surface area contributed by atoms with Gasteiger partial charge in [-0.05, 0) is 24.6 Å². The Morgan fingerprint density at radius 3 is 2.47 bits per heavy atom. The molecule has 0 aliphatic heterocycles. The van der Waals surface area contributed by atoms with Crippen molar-refractivity contribution >= 4 is 17.3 Å². The van der Waals surface area contributed by atoms with Crippen LogP contribution in [0, 0.1) is 11.3 Å². The first kappa shape index (κ1) is 13.5. The number of halogens is 1. The topological polar surface area (TPSA) is 27.0 Å². The third kappa shape index (κ3) is 3.07. The third-order valence-electron chi connectivity index (χ3n) is 3.04. The second-order valence-corrected chi connectivity index (χ2v) is 4.65. The first-order chi connectivity index (χ1) is 9.26. The first-order valence-electron chi connectivity index (χ1n) is 6.23. The van der Waals surface area contributed by atoms with E-state index in [9.17, 15) is 5.26 Å². The van der Waals surface area contributed by atoms with Gasteiger partial charge in [-0.1, -0.05) is 48.0 Å². The van der Waals surface area contributed by atoms with Gasteiger partial charge in [-0.3, -0.25) is 0 Å². The van der Waals surface area contributed by atoms with E-state index in [1.807, 2.05) is 30.3 Å². The smallest absolute Gasteiger partial charge is 0.103 e. The van der Waals surface area contributed by atoms with Crippen LogP contribution in [-0.2, 0) is 6.54 Å². The van der Waals surface area contributed by atoms with E-state index < -0.39 is 0 Å². The number of hydrogen-bond donors (Lipinski definition) is 0. The summed E-state index contributed by atoms with van der Waals surface area (Å²) in [5.74, 6) is 0. The van der Waals surface area contributed by atoms with Gasteiger partial charge < -0.3 is 4.90 Å². The fraction of sp³-hybridized carbons (Fsp3) is 0.188. The van der Waals surface area contributed by atoms with Gasteiger partial charge in [0, 0.05) is 13.1 Å². The standard InChI is InChI=1S/C16H15ClN2/c1-2-19(12-13-7-4-3-5-8-13)16-10-6-9-15(17)14(16)11-18/h3-10H,2,12H2,1H3. The third-order valence-corrected chi connectivity index (χ3v) is 3.36. The maximum Gasteiger partial charge on any atom is 0.103 e. The zero-order chi connectivity index (χ0) is 13.7. The summed E-state index contributed by atoms with van der Waals surface area (Å²) in [6.45, 7) is 3.67. The van der Waals surface area contributed by atoms with Crippen molar-refractivity contribution in [1.82, 2.24) is 0 Å². The second kappa shape index (κ2) is 6.26.